The van der Waals surface area contributed by atoms with Crippen LogP contribution >= 0.6 is 23.4 Å². The van der Waals surface area contributed by atoms with Crippen LogP contribution in [0, 0.1) is 0 Å². The fraction of sp³-hybridized carbons (Fsp3) is 0.562. The monoisotopic (exact) mass is 324 g/mol. The first-order valence-electron chi connectivity index (χ1n) is 7.42. The summed E-state index contributed by atoms with van der Waals surface area (Å²) in [6.45, 7) is 0. The van der Waals surface area contributed by atoms with Crippen molar-refractivity contribution in [1.82, 2.24) is 9.55 Å². The van der Waals surface area contributed by atoms with Crippen LogP contribution in [0.4, 0.5) is 0 Å². The Morgan fingerprint density at radius 1 is 1.38 bits per heavy atom. The van der Waals surface area contributed by atoms with Gasteiger partial charge in [-0.15, -0.1) is 11.6 Å². The molecule has 0 spiro atoms. The van der Waals surface area contributed by atoms with E-state index in [0.717, 1.165) is 22.6 Å². The molecule has 2 atom stereocenters. The number of thioether (sulfide) groups is 1. The number of ether oxygens (including phenoxy) is 1. The topological polar surface area (TPSA) is 27.1 Å². The number of alkyl halides is 1. The van der Waals surface area contributed by atoms with Gasteiger partial charge in [-0.3, -0.25) is 0 Å². The number of fused-ring (bicyclic) bond motifs is 1. The zero-order valence-electron chi connectivity index (χ0n) is 12.5. The van der Waals surface area contributed by atoms with Crippen molar-refractivity contribution in [2.24, 2.45) is 0 Å². The predicted molar refractivity (Wildman–Crippen MR) is 90.7 cm³/mol. The maximum absolute atomic E-state index is 6.17. The van der Waals surface area contributed by atoms with E-state index in [0.29, 0.717) is 17.2 Å². The Morgan fingerprint density at radius 3 is 2.90 bits per heavy atom. The molecule has 0 saturated heterocycles. The summed E-state index contributed by atoms with van der Waals surface area (Å²) in [6, 6.07) is 6.56. The summed E-state index contributed by atoms with van der Waals surface area (Å²) < 4.78 is 7.75. The Hall–Kier alpha value is -0.870. The SMILES string of the molecule is COc1ccc2nc(CCl)n(C3CCCCC3SC)c2c1. The summed E-state index contributed by atoms with van der Waals surface area (Å²) in [7, 11) is 1.70. The Labute approximate surface area is 135 Å². The Morgan fingerprint density at radius 2 is 2.19 bits per heavy atom. The Bertz CT molecular complexity index is 628. The van der Waals surface area contributed by atoms with Crippen molar-refractivity contribution in [2.45, 2.75) is 42.9 Å². The highest BCUT2D eigenvalue weighted by Crippen LogP contribution is 2.39. The molecule has 3 rings (SSSR count). The van der Waals surface area contributed by atoms with Gasteiger partial charge in [0.05, 0.1) is 24.0 Å². The zero-order chi connectivity index (χ0) is 14.8. The van der Waals surface area contributed by atoms with E-state index in [4.69, 9.17) is 21.3 Å². The molecule has 1 aliphatic rings. The quantitative estimate of drug-likeness (QED) is 0.767. The fourth-order valence-corrected chi connectivity index (χ4v) is 4.52. The molecule has 1 saturated carbocycles. The Balaban J connectivity index is 2.13. The molecule has 1 aliphatic carbocycles. The molecule has 2 aromatic rings. The highest BCUT2D eigenvalue weighted by molar-refractivity contribution is 7.99. The van der Waals surface area contributed by atoms with E-state index < -0.39 is 0 Å². The molecular weight excluding hydrogens is 304 g/mol. The van der Waals surface area contributed by atoms with Gasteiger partial charge in [0.1, 0.15) is 11.6 Å². The number of hydrogen-bond acceptors (Lipinski definition) is 3. The molecule has 1 heterocycles. The van der Waals surface area contributed by atoms with E-state index in [-0.39, 0.29) is 0 Å². The van der Waals surface area contributed by atoms with Gasteiger partial charge < -0.3 is 9.30 Å². The summed E-state index contributed by atoms with van der Waals surface area (Å²) in [4.78, 5) is 4.72. The fourth-order valence-electron chi connectivity index (χ4n) is 3.36. The number of benzene rings is 1. The van der Waals surface area contributed by atoms with Crippen LogP contribution in [-0.4, -0.2) is 28.2 Å². The minimum Gasteiger partial charge on any atom is -0.497 e. The molecule has 5 heteroatoms. The largest absolute Gasteiger partial charge is 0.497 e. The van der Waals surface area contributed by atoms with Gasteiger partial charge in [-0.05, 0) is 31.2 Å². The lowest BCUT2D eigenvalue weighted by molar-refractivity contribution is 0.365. The third kappa shape index (κ3) is 2.76. The first kappa shape index (κ1) is 15.0. The number of aromatic nitrogens is 2. The summed E-state index contributed by atoms with van der Waals surface area (Å²) in [5, 5.41) is 0.643. The standard InChI is InChI=1S/C16H21ClN2OS/c1-20-11-7-8-12-14(9-11)19(16(10-17)18-12)13-5-3-4-6-15(13)21-2/h7-9,13,15H,3-6,10H2,1-2H3. The van der Waals surface area contributed by atoms with Crippen LogP contribution in [0.3, 0.4) is 0 Å². The molecule has 0 aliphatic heterocycles. The van der Waals surface area contributed by atoms with Crippen LogP contribution in [0.15, 0.2) is 18.2 Å². The van der Waals surface area contributed by atoms with Crippen LogP contribution < -0.4 is 4.74 Å². The van der Waals surface area contributed by atoms with Gasteiger partial charge in [0.15, 0.2) is 0 Å². The van der Waals surface area contributed by atoms with Crippen molar-refractivity contribution in [3.05, 3.63) is 24.0 Å². The van der Waals surface area contributed by atoms with Gasteiger partial charge in [0.25, 0.3) is 0 Å². The van der Waals surface area contributed by atoms with Crippen molar-refractivity contribution in [1.29, 1.82) is 0 Å². The third-order valence-corrected chi connectivity index (χ3v) is 5.79. The number of methoxy groups -OCH3 is 1. The number of hydrogen-bond donors (Lipinski definition) is 0. The highest BCUT2D eigenvalue weighted by atomic mass is 35.5. The van der Waals surface area contributed by atoms with Gasteiger partial charge in [0, 0.05) is 17.4 Å². The Kier molecular flexibility index (Phi) is 4.65. The second kappa shape index (κ2) is 6.49. The number of rotatable bonds is 4. The van der Waals surface area contributed by atoms with Crippen molar-refractivity contribution < 1.29 is 4.74 Å². The summed E-state index contributed by atoms with van der Waals surface area (Å²) in [5.41, 5.74) is 2.16. The van der Waals surface area contributed by atoms with E-state index in [1.165, 1.54) is 25.7 Å². The van der Waals surface area contributed by atoms with Crippen LogP contribution in [-0.2, 0) is 5.88 Å². The van der Waals surface area contributed by atoms with Crippen molar-refractivity contribution >= 4 is 34.4 Å². The third-order valence-electron chi connectivity index (χ3n) is 4.39. The lowest BCUT2D eigenvalue weighted by Gasteiger charge is -2.32. The molecular formula is C16H21ClN2OS. The summed E-state index contributed by atoms with van der Waals surface area (Å²) in [5.74, 6) is 2.31. The van der Waals surface area contributed by atoms with Crippen LogP contribution in [0.1, 0.15) is 37.5 Å². The van der Waals surface area contributed by atoms with Crippen LogP contribution in [0.2, 0.25) is 0 Å². The van der Waals surface area contributed by atoms with Gasteiger partial charge in [-0.1, -0.05) is 12.8 Å². The van der Waals surface area contributed by atoms with Crippen molar-refractivity contribution in [2.75, 3.05) is 13.4 Å². The van der Waals surface area contributed by atoms with Crippen molar-refractivity contribution in [3.63, 3.8) is 0 Å². The normalized spacial score (nSPS) is 22.6. The molecule has 0 radical (unpaired) electrons. The molecule has 2 unspecified atom stereocenters. The van der Waals surface area contributed by atoms with Crippen LogP contribution in [0.25, 0.3) is 11.0 Å². The number of nitrogens with zero attached hydrogens (tertiary/aromatic N) is 2. The van der Waals surface area contributed by atoms with E-state index in [1.807, 2.05) is 23.9 Å². The smallest absolute Gasteiger partial charge is 0.125 e. The van der Waals surface area contributed by atoms with E-state index in [2.05, 4.69) is 16.9 Å². The average molecular weight is 325 g/mol. The molecule has 1 fully saturated rings. The molecule has 21 heavy (non-hydrogen) atoms. The van der Waals surface area contributed by atoms with Crippen LogP contribution in [0.5, 0.6) is 5.75 Å². The summed E-state index contributed by atoms with van der Waals surface area (Å²) in [6.07, 6.45) is 7.31. The zero-order valence-corrected chi connectivity index (χ0v) is 14.1. The molecule has 1 aromatic carbocycles. The van der Waals surface area contributed by atoms with Gasteiger partial charge in [-0.2, -0.15) is 11.8 Å². The first-order valence-corrected chi connectivity index (χ1v) is 9.24. The van der Waals surface area contributed by atoms with Gasteiger partial charge >= 0.3 is 0 Å². The molecule has 3 nitrogen and oxygen atoms in total. The molecule has 0 bridgehead atoms. The maximum atomic E-state index is 6.17. The minimum absolute atomic E-state index is 0.453. The van der Waals surface area contributed by atoms with E-state index >= 15 is 0 Å². The average Bonchev–Trinajstić information content (AvgIpc) is 2.92. The highest BCUT2D eigenvalue weighted by Gasteiger charge is 2.29. The lowest BCUT2D eigenvalue weighted by atomic mass is 9.94. The predicted octanol–water partition coefficient (Wildman–Crippen LogP) is 4.63. The molecule has 114 valence electrons. The maximum Gasteiger partial charge on any atom is 0.125 e. The van der Waals surface area contributed by atoms with Gasteiger partial charge in [-0.25, -0.2) is 4.98 Å². The first-order chi connectivity index (χ1) is 10.3. The van der Waals surface area contributed by atoms with E-state index in [1.54, 1.807) is 7.11 Å². The second-order valence-electron chi connectivity index (χ2n) is 5.51. The number of imidazole rings is 1. The molecule has 0 N–H and O–H groups in total. The summed E-state index contributed by atoms with van der Waals surface area (Å²) >= 11 is 8.13. The molecule has 0 amide bonds. The minimum atomic E-state index is 0.453. The number of halogens is 1. The van der Waals surface area contributed by atoms with E-state index in [9.17, 15) is 0 Å². The van der Waals surface area contributed by atoms with Crippen molar-refractivity contribution in [3.8, 4) is 5.75 Å². The molecule has 1 aromatic heterocycles. The lowest BCUT2D eigenvalue weighted by Crippen LogP contribution is -2.26. The van der Waals surface area contributed by atoms with Gasteiger partial charge in [0.2, 0.25) is 0 Å². The second-order valence-corrected chi connectivity index (χ2v) is 6.86.